The van der Waals surface area contributed by atoms with E-state index < -0.39 is 0 Å². The molecule has 0 aromatic rings. The summed E-state index contributed by atoms with van der Waals surface area (Å²) in [4.78, 5) is 53.6. The number of carbonyl (C=O) groups excluding carboxylic acids is 4. The van der Waals surface area contributed by atoms with E-state index in [1.807, 2.05) is 0 Å². The molecule has 1 fully saturated rings. The van der Waals surface area contributed by atoms with E-state index in [-0.39, 0.29) is 74.9 Å². The van der Waals surface area contributed by atoms with Crippen LogP contribution in [0.2, 0.25) is 0 Å². The molecule has 1 rings (SSSR count). The van der Waals surface area contributed by atoms with Crippen LogP contribution in [0.25, 0.3) is 0 Å². The first kappa shape index (κ1) is 20.5. The Bertz CT molecular complexity index is 447. The summed E-state index contributed by atoms with van der Waals surface area (Å²) in [5.74, 6) is -0.783. The average molecular weight is 381 g/mol. The second-order valence-corrected chi connectivity index (χ2v) is 6.18. The Morgan fingerprint density at radius 3 is 1.17 bits per heavy atom. The van der Waals surface area contributed by atoms with E-state index in [1.54, 1.807) is 0 Å². The Hall–Kier alpha value is -1.54. The number of carbonyl (C=O) groups is 4. The predicted octanol–water partition coefficient (Wildman–Crippen LogP) is 0.442. The molecule has 0 unspecified atom stereocenters. The highest BCUT2D eigenvalue weighted by atomic mass is 35.5. The normalized spacial score (nSPS) is 15.8. The Morgan fingerprint density at radius 2 is 0.958 bits per heavy atom. The fourth-order valence-corrected chi connectivity index (χ4v) is 2.52. The standard InChI is InChI=1S/C14H22Cl2N4O4/c1-11(21)17-7-19(13(23)3-5-15)9-18(12(2)22)10-20(8-17)14(24)4-6-16/h3-10H2,1-2H3. The molecule has 0 spiro atoms. The van der Waals surface area contributed by atoms with E-state index in [1.165, 1.54) is 33.4 Å². The third-order valence-corrected chi connectivity index (χ3v) is 3.96. The summed E-state index contributed by atoms with van der Waals surface area (Å²) in [7, 11) is 0. The second kappa shape index (κ2) is 9.68. The average Bonchev–Trinajstić information content (AvgIpc) is 2.46. The number of amides is 4. The summed E-state index contributed by atoms with van der Waals surface area (Å²) in [6, 6.07) is 0. The van der Waals surface area contributed by atoms with Gasteiger partial charge in [0.25, 0.3) is 0 Å². The molecule has 0 aromatic carbocycles. The van der Waals surface area contributed by atoms with Crippen molar-refractivity contribution in [3.8, 4) is 0 Å². The van der Waals surface area contributed by atoms with Gasteiger partial charge in [-0.05, 0) is 0 Å². The van der Waals surface area contributed by atoms with Crippen molar-refractivity contribution < 1.29 is 19.2 Å². The van der Waals surface area contributed by atoms with Gasteiger partial charge in [0.1, 0.15) is 0 Å². The number of alkyl halides is 2. The van der Waals surface area contributed by atoms with Crippen molar-refractivity contribution in [3.05, 3.63) is 0 Å². The third kappa shape index (κ3) is 5.83. The summed E-state index contributed by atoms with van der Waals surface area (Å²) in [6.07, 6.45) is 0.210. The summed E-state index contributed by atoms with van der Waals surface area (Å²) < 4.78 is 0. The molecular formula is C14H22Cl2N4O4. The van der Waals surface area contributed by atoms with Crippen LogP contribution in [0, 0.1) is 0 Å². The monoisotopic (exact) mass is 380 g/mol. The minimum Gasteiger partial charge on any atom is -0.307 e. The zero-order valence-electron chi connectivity index (χ0n) is 13.8. The summed E-state index contributed by atoms with van der Waals surface area (Å²) in [6.45, 7) is 2.66. The van der Waals surface area contributed by atoms with Gasteiger partial charge in [0.2, 0.25) is 23.6 Å². The summed E-state index contributed by atoms with van der Waals surface area (Å²) >= 11 is 11.2. The quantitative estimate of drug-likeness (QED) is 0.662. The van der Waals surface area contributed by atoms with Crippen molar-refractivity contribution in [2.24, 2.45) is 0 Å². The van der Waals surface area contributed by atoms with Gasteiger partial charge >= 0.3 is 0 Å². The van der Waals surface area contributed by atoms with E-state index >= 15 is 0 Å². The van der Waals surface area contributed by atoms with Crippen LogP contribution < -0.4 is 0 Å². The largest absolute Gasteiger partial charge is 0.307 e. The highest BCUT2D eigenvalue weighted by Crippen LogP contribution is 2.11. The van der Waals surface area contributed by atoms with Crippen LogP contribution in [0.4, 0.5) is 0 Å². The summed E-state index contributed by atoms with van der Waals surface area (Å²) in [5.41, 5.74) is 0. The van der Waals surface area contributed by atoms with Gasteiger partial charge in [0, 0.05) is 38.4 Å². The number of hydrogen-bond donors (Lipinski definition) is 0. The van der Waals surface area contributed by atoms with E-state index in [4.69, 9.17) is 23.2 Å². The van der Waals surface area contributed by atoms with Crippen molar-refractivity contribution in [2.75, 3.05) is 38.4 Å². The lowest BCUT2D eigenvalue weighted by atomic mass is 10.3. The van der Waals surface area contributed by atoms with Crippen LogP contribution >= 0.6 is 23.2 Å². The number of halogens is 2. The van der Waals surface area contributed by atoms with E-state index in [9.17, 15) is 19.2 Å². The van der Waals surface area contributed by atoms with Crippen LogP contribution in [-0.4, -0.2) is 81.7 Å². The maximum absolute atomic E-state index is 12.2. The molecule has 0 saturated carbocycles. The zero-order valence-corrected chi connectivity index (χ0v) is 15.3. The van der Waals surface area contributed by atoms with Crippen molar-refractivity contribution >= 4 is 46.8 Å². The lowest BCUT2D eigenvalue weighted by Gasteiger charge is -2.41. The van der Waals surface area contributed by atoms with Crippen molar-refractivity contribution in [3.63, 3.8) is 0 Å². The Kier molecular flexibility index (Phi) is 8.27. The predicted molar refractivity (Wildman–Crippen MR) is 88.9 cm³/mol. The fraction of sp³-hybridized carbons (Fsp3) is 0.714. The topological polar surface area (TPSA) is 81.2 Å². The Morgan fingerprint density at radius 1 is 0.667 bits per heavy atom. The molecule has 24 heavy (non-hydrogen) atoms. The van der Waals surface area contributed by atoms with E-state index in [0.717, 1.165) is 0 Å². The maximum Gasteiger partial charge on any atom is 0.226 e. The molecule has 0 aliphatic carbocycles. The minimum absolute atomic E-state index is 0.0144. The molecule has 0 atom stereocenters. The molecule has 0 aromatic heterocycles. The van der Waals surface area contributed by atoms with Gasteiger partial charge in [-0.1, -0.05) is 0 Å². The van der Waals surface area contributed by atoms with Crippen LogP contribution in [0.5, 0.6) is 0 Å². The van der Waals surface area contributed by atoms with Crippen molar-refractivity contribution in [1.82, 2.24) is 19.6 Å². The highest BCUT2D eigenvalue weighted by molar-refractivity contribution is 6.19. The minimum atomic E-state index is -0.279. The molecule has 1 heterocycles. The number of rotatable bonds is 4. The maximum atomic E-state index is 12.2. The summed E-state index contributed by atoms with van der Waals surface area (Å²) in [5, 5.41) is 0. The smallest absolute Gasteiger partial charge is 0.226 e. The lowest BCUT2D eigenvalue weighted by molar-refractivity contribution is -0.156. The molecule has 4 amide bonds. The lowest BCUT2D eigenvalue weighted by Crippen LogP contribution is -2.59. The molecule has 10 heteroatoms. The first-order valence-corrected chi connectivity index (χ1v) is 8.55. The van der Waals surface area contributed by atoms with E-state index in [0.29, 0.717) is 0 Å². The molecule has 1 saturated heterocycles. The molecular weight excluding hydrogens is 359 g/mol. The van der Waals surface area contributed by atoms with Gasteiger partial charge in [-0.2, -0.15) is 0 Å². The molecule has 136 valence electrons. The first-order valence-electron chi connectivity index (χ1n) is 7.48. The molecule has 8 nitrogen and oxygen atoms in total. The van der Waals surface area contributed by atoms with Gasteiger partial charge in [-0.15, -0.1) is 23.2 Å². The second-order valence-electron chi connectivity index (χ2n) is 5.43. The fourth-order valence-electron chi connectivity index (χ4n) is 2.19. The van der Waals surface area contributed by atoms with Gasteiger partial charge in [0.15, 0.2) is 0 Å². The van der Waals surface area contributed by atoms with Crippen molar-refractivity contribution in [1.29, 1.82) is 0 Å². The Labute approximate surface area is 151 Å². The number of nitrogens with zero attached hydrogens (tertiary/aromatic N) is 4. The Balaban J connectivity index is 3.04. The molecule has 0 bridgehead atoms. The number of hydrogen-bond acceptors (Lipinski definition) is 4. The van der Waals surface area contributed by atoms with Crippen molar-refractivity contribution in [2.45, 2.75) is 26.7 Å². The first-order chi connectivity index (χ1) is 11.3. The third-order valence-electron chi connectivity index (χ3n) is 3.58. The molecule has 1 aliphatic heterocycles. The van der Waals surface area contributed by atoms with Crippen LogP contribution in [0.1, 0.15) is 26.7 Å². The highest BCUT2D eigenvalue weighted by Gasteiger charge is 2.29. The van der Waals surface area contributed by atoms with Gasteiger partial charge in [-0.3, -0.25) is 19.2 Å². The molecule has 1 aliphatic rings. The van der Waals surface area contributed by atoms with Crippen LogP contribution in [-0.2, 0) is 19.2 Å². The zero-order chi connectivity index (χ0) is 18.3. The van der Waals surface area contributed by atoms with E-state index in [2.05, 4.69) is 0 Å². The van der Waals surface area contributed by atoms with Gasteiger partial charge in [-0.25, -0.2) is 0 Å². The molecule has 0 N–H and O–H groups in total. The molecule has 0 radical (unpaired) electrons. The van der Waals surface area contributed by atoms with Crippen LogP contribution in [0.3, 0.4) is 0 Å². The van der Waals surface area contributed by atoms with Crippen LogP contribution in [0.15, 0.2) is 0 Å². The SMILES string of the molecule is CC(=O)N1CN(C(=O)CCCl)CN(C(C)=O)CN(C(=O)CCCl)C1. The van der Waals surface area contributed by atoms with Gasteiger partial charge < -0.3 is 19.6 Å². The van der Waals surface area contributed by atoms with Gasteiger partial charge in [0.05, 0.1) is 26.7 Å².